The minimum atomic E-state index is 0.101. The molecule has 0 aromatic carbocycles. The number of rotatable bonds is 5. The number of unbranched alkanes of at least 4 members (excludes halogenated alkanes) is 1. The van der Waals surface area contributed by atoms with Gasteiger partial charge in [0, 0.05) is 24.4 Å². The summed E-state index contributed by atoms with van der Waals surface area (Å²) in [5.41, 5.74) is 3.54. The van der Waals surface area contributed by atoms with Crippen molar-refractivity contribution in [3.8, 4) is 0 Å². The van der Waals surface area contributed by atoms with Crippen LogP contribution in [0.5, 0.6) is 0 Å². The Hall–Kier alpha value is -1.58. The van der Waals surface area contributed by atoms with Crippen LogP contribution in [0.2, 0.25) is 0 Å². The van der Waals surface area contributed by atoms with Gasteiger partial charge in [-0.05, 0) is 26.7 Å². The number of hydrogen-bond acceptors (Lipinski definition) is 2. The summed E-state index contributed by atoms with van der Waals surface area (Å²) in [6.07, 6.45) is 5.96. The van der Waals surface area contributed by atoms with E-state index in [-0.39, 0.29) is 11.8 Å². The van der Waals surface area contributed by atoms with E-state index in [4.69, 9.17) is 0 Å². The van der Waals surface area contributed by atoms with Crippen molar-refractivity contribution in [2.45, 2.75) is 65.8 Å². The fraction of sp³-hybridized carbons (Fsp3) is 0.625. The molecule has 0 aliphatic carbocycles. The maximum Gasteiger partial charge on any atom is 0.226 e. The molecule has 4 heteroatoms. The predicted octanol–water partition coefficient (Wildman–Crippen LogP) is 3.77. The summed E-state index contributed by atoms with van der Waals surface area (Å²) in [6, 6.07) is 0. The second-order valence-corrected chi connectivity index (χ2v) is 5.59. The molecular weight excluding hydrogens is 250 g/mol. The molecule has 1 aliphatic rings. The zero-order valence-corrected chi connectivity index (χ0v) is 13.0. The van der Waals surface area contributed by atoms with Crippen LogP contribution in [0.3, 0.4) is 0 Å². The highest BCUT2D eigenvalue weighted by Gasteiger charge is 2.31. The Labute approximate surface area is 121 Å². The molecule has 1 unspecified atom stereocenters. The van der Waals surface area contributed by atoms with Crippen LogP contribution in [0, 0.1) is 6.92 Å². The van der Waals surface area contributed by atoms with E-state index in [9.17, 15) is 4.79 Å². The normalized spacial score (nSPS) is 18.9. The number of nitrogens with zero attached hydrogens (tertiary/aromatic N) is 2. The first-order valence-corrected chi connectivity index (χ1v) is 7.62. The van der Waals surface area contributed by atoms with E-state index in [0.29, 0.717) is 6.42 Å². The van der Waals surface area contributed by atoms with Crippen LogP contribution in [0.15, 0.2) is 11.6 Å². The van der Waals surface area contributed by atoms with Gasteiger partial charge in [-0.15, -0.1) is 0 Å². The highest BCUT2D eigenvalue weighted by molar-refractivity contribution is 5.94. The lowest BCUT2D eigenvalue weighted by molar-refractivity contribution is -0.116. The number of carbonyl (C=O) groups excluding carboxylic acids is 1. The molecule has 1 aliphatic heterocycles. The number of anilines is 1. The number of carbonyl (C=O) groups is 1. The van der Waals surface area contributed by atoms with E-state index in [1.54, 1.807) is 0 Å². The molecule has 1 atom stereocenters. The molecule has 0 fully saturated rings. The van der Waals surface area contributed by atoms with E-state index in [0.717, 1.165) is 37.3 Å². The van der Waals surface area contributed by atoms with Gasteiger partial charge in [0.15, 0.2) is 0 Å². The number of allylic oxidation sites excluding steroid dienone is 2. The quantitative estimate of drug-likeness (QED) is 0.831. The Balaban J connectivity index is 2.42. The molecule has 0 radical (unpaired) electrons. The molecule has 1 amide bonds. The molecule has 1 N–H and O–H groups in total. The monoisotopic (exact) mass is 275 g/mol. The first-order chi connectivity index (χ1) is 9.58. The number of fused-ring (bicyclic) bond motifs is 1. The molecule has 0 saturated carbocycles. The molecule has 2 heterocycles. The fourth-order valence-electron chi connectivity index (χ4n) is 2.94. The summed E-state index contributed by atoms with van der Waals surface area (Å²) in [7, 11) is 0. The van der Waals surface area contributed by atoms with Crippen LogP contribution < -0.4 is 5.32 Å². The summed E-state index contributed by atoms with van der Waals surface area (Å²) >= 11 is 0. The van der Waals surface area contributed by atoms with Gasteiger partial charge in [-0.25, -0.2) is 4.68 Å². The fourth-order valence-corrected chi connectivity index (χ4v) is 2.94. The molecule has 0 bridgehead atoms. The number of nitrogens with one attached hydrogen (secondary N) is 1. The molecule has 20 heavy (non-hydrogen) atoms. The molecular formula is C16H25N3O. The summed E-state index contributed by atoms with van der Waals surface area (Å²) in [6.45, 7) is 9.34. The number of amides is 1. The zero-order valence-electron chi connectivity index (χ0n) is 13.0. The maximum absolute atomic E-state index is 12.0. The topological polar surface area (TPSA) is 46.9 Å². The Morgan fingerprint density at radius 3 is 2.90 bits per heavy atom. The summed E-state index contributed by atoms with van der Waals surface area (Å²) < 4.78 is 1.97. The minimum absolute atomic E-state index is 0.101. The van der Waals surface area contributed by atoms with Gasteiger partial charge in [0.1, 0.15) is 5.82 Å². The van der Waals surface area contributed by atoms with Gasteiger partial charge < -0.3 is 5.32 Å². The second-order valence-electron chi connectivity index (χ2n) is 5.59. The van der Waals surface area contributed by atoms with Crippen molar-refractivity contribution in [3.05, 3.63) is 22.9 Å². The smallest absolute Gasteiger partial charge is 0.226 e. The number of hydrogen-bond donors (Lipinski definition) is 1. The molecule has 1 aromatic rings. The lowest BCUT2D eigenvalue weighted by Gasteiger charge is -2.25. The third kappa shape index (κ3) is 2.79. The van der Waals surface area contributed by atoms with Crippen LogP contribution in [0.4, 0.5) is 5.82 Å². The Morgan fingerprint density at radius 2 is 2.25 bits per heavy atom. The third-order valence-electron chi connectivity index (χ3n) is 3.97. The first kappa shape index (κ1) is 14.8. The Bertz CT molecular complexity index is 528. The van der Waals surface area contributed by atoms with Crippen molar-refractivity contribution in [2.75, 3.05) is 5.32 Å². The highest BCUT2D eigenvalue weighted by Crippen LogP contribution is 2.39. The van der Waals surface area contributed by atoms with E-state index in [2.05, 4.69) is 37.3 Å². The van der Waals surface area contributed by atoms with Crippen LogP contribution in [0.25, 0.3) is 0 Å². The van der Waals surface area contributed by atoms with Crippen LogP contribution in [0.1, 0.15) is 63.6 Å². The van der Waals surface area contributed by atoms with Gasteiger partial charge in [0.25, 0.3) is 0 Å². The van der Waals surface area contributed by atoms with Crippen molar-refractivity contribution in [1.82, 2.24) is 9.78 Å². The van der Waals surface area contributed by atoms with Gasteiger partial charge in [-0.2, -0.15) is 5.10 Å². The Morgan fingerprint density at radius 1 is 1.50 bits per heavy atom. The second kappa shape index (κ2) is 6.25. The van der Waals surface area contributed by atoms with Crippen LogP contribution in [-0.4, -0.2) is 15.7 Å². The number of aromatic nitrogens is 2. The lowest BCUT2D eigenvalue weighted by atomic mass is 9.86. The zero-order chi connectivity index (χ0) is 14.7. The average molecular weight is 275 g/mol. The van der Waals surface area contributed by atoms with Crippen molar-refractivity contribution < 1.29 is 4.79 Å². The molecule has 1 aromatic heterocycles. The van der Waals surface area contributed by atoms with Crippen molar-refractivity contribution in [3.63, 3.8) is 0 Å². The SMILES string of the molecule is CCC=C(C)C1CC(=O)Nc2c1c(C)nn2CCCC. The summed E-state index contributed by atoms with van der Waals surface area (Å²) in [4.78, 5) is 12.0. The summed E-state index contributed by atoms with van der Waals surface area (Å²) in [5, 5.41) is 7.65. The standard InChI is InChI=1S/C16H25N3O/c1-5-7-9-19-16-15(12(4)18-19)13(10-14(20)17-16)11(3)8-6-2/h8,13H,5-7,9-10H2,1-4H3,(H,17,20). The van der Waals surface area contributed by atoms with E-state index >= 15 is 0 Å². The van der Waals surface area contributed by atoms with Gasteiger partial charge in [0.2, 0.25) is 5.91 Å². The highest BCUT2D eigenvalue weighted by atomic mass is 16.1. The van der Waals surface area contributed by atoms with Crippen LogP contribution in [-0.2, 0) is 11.3 Å². The third-order valence-corrected chi connectivity index (χ3v) is 3.97. The van der Waals surface area contributed by atoms with Crippen molar-refractivity contribution in [2.24, 2.45) is 0 Å². The largest absolute Gasteiger partial charge is 0.311 e. The molecule has 4 nitrogen and oxygen atoms in total. The van der Waals surface area contributed by atoms with Crippen LogP contribution >= 0.6 is 0 Å². The minimum Gasteiger partial charge on any atom is -0.311 e. The Kier molecular flexibility index (Phi) is 4.63. The van der Waals surface area contributed by atoms with E-state index < -0.39 is 0 Å². The van der Waals surface area contributed by atoms with E-state index in [1.165, 1.54) is 11.1 Å². The van der Waals surface area contributed by atoms with Gasteiger partial charge in [-0.1, -0.05) is 31.9 Å². The summed E-state index contributed by atoms with van der Waals surface area (Å²) in [5.74, 6) is 1.21. The molecule has 0 saturated heterocycles. The van der Waals surface area contributed by atoms with Gasteiger partial charge in [-0.3, -0.25) is 4.79 Å². The number of aryl methyl sites for hydroxylation is 2. The average Bonchev–Trinajstić information content (AvgIpc) is 2.72. The molecule has 2 rings (SSSR count). The van der Waals surface area contributed by atoms with Gasteiger partial charge >= 0.3 is 0 Å². The molecule has 110 valence electrons. The van der Waals surface area contributed by atoms with Crippen molar-refractivity contribution in [1.29, 1.82) is 0 Å². The maximum atomic E-state index is 12.0. The molecule has 0 spiro atoms. The van der Waals surface area contributed by atoms with E-state index in [1.807, 2.05) is 11.6 Å². The van der Waals surface area contributed by atoms with Gasteiger partial charge in [0.05, 0.1) is 5.69 Å². The lowest BCUT2D eigenvalue weighted by Crippen LogP contribution is -2.25. The first-order valence-electron chi connectivity index (χ1n) is 7.62. The predicted molar refractivity (Wildman–Crippen MR) is 81.9 cm³/mol. The van der Waals surface area contributed by atoms with Crippen molar-refractivity contribution >= 4 is 11.7 Å².